The van der Waals surface area contributed by atoms with Crippen molar-refractivity contribution in [2.24, 2.45) is 0 Å². The minimum Gasteiger partial charge on any atom is -0.465 e. The number of nitrogen functional groups attached to an aromatic ring is 1. The molecule has 2 aromatic rings. The van der Waals surface area contributed by atoms with Crippen LogP contribution >= 0.6 is 0 Å². The molecule has 3 N–H and O–H groups in total. The van der Waals surface area contributed by atoms with Gasteiger partial charge in [0.15, 0.2) is 0 Å². The van der Waals surface area contributed by atoms with E-state index in [0.717, 1.165) is 16.8 Å². The fourth-order valence-electron chi connectivity index (χ4n) is 1.83. The molecule has 0 aliphatic carbocycles. The second-order valence-corrected chi connectivity index (χ2v) is 4.59. The van der Waals surface area contributed by atoms with E-state index in [1.165, 1.54) is 13.3 Å². The highest BCUT2D eigenvalue weighted by Gasteiger charge is 2.12. The lowest BCUT2D eigenvalue weighted by atomic mass is 10.1. The first-order chi connectivity index (χ1) is 9.51. The number of rotatable bonds is 3. The number of nitrogens with two attached hydrogens (primary N) is 1. The monoisotopic (exact) mass is 271 g/mol. The Kier molecular flexibility index (Phi) is 3.89. The zero-order valence-corrected chi connectivity index (χ0v) is 11.7. The summed E-state index contributed by atoms with van der Waals surface area (Å²) in [5.41, 5.74) is 9.49. The molecular formula is C15H17N3O2. The normalized spacial score (nSPS) is 10.2. The third-order valence-electron chi connectivity index (χ3n) is 3.00. The van der Waals surface area contributed by atoms with Crippen LogP contribution in [0.4, 0.5) is 17.2 Å². The Balaban J connectivity index is 2.34. The van der Waals surface area contributed by atoms with Gasteiger partial charge in [0.1, 0.15) is 5.82 Å². The van der Waals surface area contributed by atoms with E-state index in [9.17, 15) is 4.79 Å². The van der Waals surface area contributed by atoms with Crippen molar-refractivity contribution in [3.05, 3.63) is 47.2 Å². The molecule has 104 valence electrons. The van der Waals surface area contributed by atoms with Crippen LogP contribution < -0.4 is 11.1 Å². The number of methoxy groups -OCH3 is 1. The van der Waals surface area contributed by atoms with E-state index in [-0.39, 0.29) is 0 Å². The van der Waals surface area contributed by atoms with Gasteiger partial charge in [0.2, 0.25) is 0 Å². The van der Waals surface area contributed by atoms with E-state index in [2.05, 4.69) is 10.3 Å². The van der Waals surface area contributed by atoms with Crippen LogP contribution in [0.25, 0.3) is 0 Å². The number of hydrogen-bond donors (Lipinski definition) is 2. The lowest BCUT2D eigenvalue weighted by Gasteiger charge is -2.11. The number of nitrogens with zero attached hydrogens (tertiary/aromatic N) is 1. The molecule has 1 heterocycles. The largest absolute Gasteiger partial charge is 0.465 e. The summed E-state index contributed by atoms with van der Waals surface area (Å²) in [7, 11) is 1.32. The Morgan fingerprint density at radius 1 is 1.30 bits per heavy atom. The number of ether oxygens (including phenoxy) is 1. The van der Waals surface area contributed by atoms with Gasteiger partial charge < -0.3 is 15.8 Å². The van der Waals surface area contributed by atoms with Crippen molar-refractivity contribution in [1.29, 1.82) is 0 Å². The van der Waals surface area contributed by atoms with Gasteiger partial charge in [-0.05, 0) is 37.1 Å². The van der Waals surface area contributed by atoms with Gasteiger partial charge in [-0.1, -0.05) is 12.1 Å². The van der Waals surface area contributed by atoms with Gasteiger partial charge in [0.05, 0.1) is 24.6 Å². The van der Waals surface area contributed by atoms with Crippen LogP contribution in [0.1, 0.15) is 21.5 Å². The maximum atomic E-state index is 11.6. The summed E-state index contributed by atoms with van der Waals surface area (Å²) in [5.74, 6) is 0.0715. The summed E-state index contributed by atoms with van der Waals surface area (Å²) in [6.45, 7) is 4.02. The molecule has 0 bridgehead atoms. The van der Waals surface area contributed by atoms with Gasteiger partial charge in [-0.2, -0.15) is 0 Å². The Labute approximate surface area is 117 Å². The summed E-state index contributed by atoms with van der Waals surface area (Å²) in [6.07, 6.45) is 1.44. The number of carbonyl (C=O) groups excluding carboxylic acids is 1. The number of pyridine rings is 1. The van der Waals surface area contributed by atoms with Crippen LogP contribution in [0.5, 0.6) is 0 Å². The second kappa shape index (κ2) is 5.61. The van der Waals surface area contributed by atoms with E-state index >= 15 is 0 Å². The molecule has 0 amide bonds. The molecule has 2 rings (SSSR count). The van der Waals surface area contributed by atoms with Crippen LogP contribution in [-0.2, 0) is 4.74 Å². The molecule has 0 aliphatic heterocycles. The molecule has 0 fully saturated rings. The van der Waals surface area contributed by atoms with Crippen LogP contribution in [0.3, 0.4) is 0 Å². The van der Waals surface area contributed by atoms with Crippen molar-refractivity contribution < 1.29 is 9.53 Å². The molecule has 0 unspecified atom stereocenters. The smallest absolute Gasteiger partial charge is 0.340 e. The first kappa shape index (κ1) is 13.9. The SMILES string of the molecule is COC(=O)c1cc(Nc2cc(C)ccc2C)ncc1N. The third-order valence-corrected chi connectivity index (χ3v) is 3.00. The van der Waals surface area contributed by atoms with E-state index in [1.807, 2.05) is 32.0 Å². The van der Waals surface area contributed by atoms with Gasteiger partial charge in [-0.25, -0.2) is 9.78 Å². The summed E-state index contributed by atoms with van der Waals surface area (Å²) in [4.78, 5) is 15.8. The van der Waals surface area contributed by atoms with E-state index in [4.69, 9.17) is 10.5 Å². The molecule has 20 heavy (non-hydrogen) atoms. The number of anilines is 3. The molecule has 0 saturated heterocycles. The number of carbonyl (C=O) groups is 1. The Morgan fingerprint density at radius 2 is 2.05 bits per heavy atom. The summed E-state index contributed by atoms with van der Waals surface area (Å²) >= 11 is 0. The van der Waals surface area contributed by atoms with E-state index in [0.29, 0.717) is 17.1 Å². The number of aryl methyl sites for hydroxylation is 2. The van der Waals surface area contributed by atoms with Gasteiger partial charge in [0, 0.05) is 5.69 Å². The lowest BCUT2D eigenvalue weighted by molar-refractivity contribution is 0.0602. The zero-order chi connectivity index (χ0) is 14.7. The highest BCUT2D eigenvalue weighted by Crippen LogP contribution is 2.23. The summed E-state index contributed by atoms with van der Waals surface area (Å²) in [6, 6.07) is 7.67. The standard InChI is InChI=1S/C15H17N3O2/c1-9-4-5-10(2)13(6-9)18-14-7-11(15(19)20-3)12(16)8-17-14/h4-8H,16H2,1-3H3,(H,17,18). The fraction of sp³-hybridized carbons (Fsp3) is 0.200. The number of hydrogen-bond acceptors (Lipinski definition) is 5. The average Bonchev–Trinajstić information content (AvgIpc) is 2.44. The van der Waals surface area contributed by atoms with Crippen molar-refractivity contribution in [1.82, 2.24) is 4.98 Å². The van der Waals surface area contributed by atoms with Crippen molar-refractivity contribution in [2.75, 3.05) is 18.2 Å². The van der Waals surface area contributed by atoms with Crippen molar-refractivity contribution >= 4 is 23.2 Å². The number of benzene rings is 1. The zero-order valence-electron chi connectivity index (χ0n) is 11.7. The molecule has 1 aromatic heterocycles. The van der Waals surface area contributed by atoms with E-state index in [1.54, 1.807) is 6.07 Å². The third kappa shape index (κ3) is 2.88. The Bertz CT molecular complexity index is 654. The maximum absolute atomic E-state index is 11.6. The van der Waals surface area contributed by atoms with Crippen LogP contribution in [0, 0.1) is 13.8 Å². The molecule has 0 spiro atoms. The number of esters is 1. The summed E-state index contributed by atoms with van der Waals surface area (Å²) < 4.78 is 4.69. The fourth-order valence-corrected chi connectivity index (χ4v) is 1.83. The number of aromatic nitrogens is 1. The molecule has 1 aromatic carbocycles. The van der Waals surface area contributed by atoms with Gasteiger partial charge in [-0.15, -0.1) is 0 Å². The quantitative estimate of drug-likeness (QED) is 0.839. The minimum atomic E-state index is -0.478. The first-order valence-electron chi connectivity index (χ1n) is 6.19. The minimum absolute atomic E-state index is 0.295. The van der Waals surface area contributed by atoms with Crippen LogP contribution in [-0.4, -0.2) is 18.1 Å². The van der Waals surface area contributed by atoms with Crippen LogP contribution in [0.2, 0.25) is 0 Å². The Morgan fingerprint density at radius 3 is 2.75 bits per heavy atom. The summed E-state index contributed by atoms with van der Waals surface area (Å²) in [5, 5.41) is 3.19. The van der Waals surface area contributed by atoms with Crippen molar-refractivity contribution in [3.8, 4) is 0 Å². The first-order valence-corrected chi connectivity index (χ1v) is 6.19. The van der Waals surface area contributed by atoms with Gasteiger partial charge in [-0.3, -0.25) is 0 Å². The molecule has 5 heteroatoms. The second-order valence-electron chi connectivity index (χ2n) is 4.59. The van der Waals surface area contributed by atoms with Crippen molar-refractivity contribution in [2.45, 2.75) is 13.8 Å². The molecule has 0 saturated carbocycles. The molecular weight excluding hydrogens is 254 g/mol. The average molecular weight is 271 g/mol. The molecule has 5 nitrogen and oxygen atoms in total. The van der Waals surface area contributed by atoms with Crippen molar-refractivity contribution in [3.63, 3.8) is 0 Å². The predicted octanol–water partition coefficient (Wildman–Crippen LogP) is 2.81. The van der Waals surface area contributed by atoms with E-state index < -0.39 is 5.97 Å². The maximum Gasteiger partial charge on any atom is 0.340 e. The van der Waals surface area contributed by atoms with Gasteiger partial charge in [0.25, 0.3) is 0 Å². The highest BCUT2D eigenvalue weighted by atomic mass is 16.5. The molecule has 0 aliphatic rings. The molecule has 0 atom stereocenters. The van der Waals surface area contributed by atoms with Gasteiger partial charge >= 0.3 is 5.97 Å². The Hall–Kier alpha value is -2.56. The van der Waals surface area contributed by atoms with Crippen LogP contribution in [0.15, 0.2) is 30.5 Å². The number of nitrogens with one attached hydrogen (secondary N) is 1. The highest BCUT2D eigenvalue weighted by molar-refractivity contribution is 5.95. The lowest BCUT2D eigenvalue weighted by Crippen LogP contribution is -2.07. The topological polar surface area (TPSA) is 77.2 Å². The predicted molar refractivity (Wildman–Crippen MR) is 79.2 cm³/mol. The molecule has 0 radical (unpaired) electrons.